The fourth-order valence-electron chi connectivity index (χ4n) is 2.04. The zero-order valence-electron chi connectivity index (χ0n) is 9.66. The monoisotopic (exact) mass is 377 g/mol. The highest BCUT2D eigenvalue weighted by molar-refractivity contribution is 9.13. The lowest BCUT2D eigenvalue weighted by molar-refractivity contribution is -0.122. The van der Waals surface area contributed by atoms with Crippen LogP contribution in [-0.4, -0.2) is 21.7 Å². The van der Waals surface area contributed by atoms with Crippen LogP contribution in [-0.2, 0) is 11.3 Å². The zero-order chi connectivity index (χ0) is 13.1. The standard InChI is InChI=1S/C11H13Br2N3O2/c12-8-5-14-16(11(18)10(8)13)6-9(17)15-7-3-1-2-4-7/h5,7H,1-4,6H2,(H,15,17). The summed E-state index contributed by atoms with van der Waals surface area (Å²) in [5.41, 5.74) is -0.314. The van der Waals surface area contributed by atoms with Gasteiger partial charge in [-0.25, -0.2) is 4.68 Å². The van der Waals surface area contributed by atoms with Crippen molar-refractivity contribution in [3.05, 3.63) is 25.5 Å². The van der Waals surface area contributed by atoms with Crippen molar-refractivity contribution >= 4 is 37.8 Å². The van der Waals surface area contributed by atoms with Crippen LogP contribution in [0, 0.1) is 0 Å². The van der Waals surface area contributed by atoms with E-state index in [0.717, 1.165) is 30.4 Å². The molecule has 1 heterocycles. The normalized spacial score (nSPS) is 15.9. The van der Waals surface area contributed by atoms with Gasteiger partial charge in [-0.1, -0.05) is 12.8 Å². The summed E-state index contributed by atoms with van der Waals surface area (Å²) in [4.78, 5) is 23.6. The van der Waals surface area contributed by atoms with Crippen molar-refractivity contribution < 1.29 is 4.79 Å². The molecule has 5 nitrogen and oxygen atoms in total. The second-order valence-electron chi connectivity index (χ2n) is 4.32. The van der Waals surface area contributed by atoms with Gasteiger partial charge in [0.2, 0.25) is 5.91 Å². The summed E-state index contributed by atoms with van der Waals surface area (Å²) in [7, 11) is 0. The summed E-state index contributed by atoms with van der Waals surface area (Å²) in [5.74, 6) is -0.161. The van der Waals surface area contributed by atoms with E-state index in [2.05, 4.69) is 42.3 Å². The average Bonchev–Trinajstić information content (AvgIpc) is 2.83. The van der Waals surface area contributed by atoms with Crippen molar-refractivity contribution in [2.75, 3.05) is 0 Å². The summed E-state index contributed by atoms with van der Waals surface area (Å²) >= 11 is 6.35. The van der Waals surface area contributed by atoms with Crippen LogP contribution in [0.2, 0.25) is 0 Å². The third kappa shape index (κ3) is 3.20. The van der Waals surface area contributed by atoms with Gasteiger partial charge in [0.05, 0.1) is 10.7 Å². The number of carbonyl (C=O) groups excluding carboxylic acids is 1. The van der Waals surface area contributed by atoms with E-state index in [1.807, 2.05) is 0 Å². The topological polar surface area (TPSA) is 64.0 Å². The first-order valence-corrected chi connectivity index (χ1v) is 7.37. The molecule has 18 heavy (non-hydrogen) atoms. The Morgan fingerprint density at radius 3 is 2.78 bits per heavy atom. The minimum absolute atomic E-state index is 0.0405. The van der Waals surface area contributed by atoms with Crippen LogP contribution < -0.4 is 10.9 Å². The largest absolute Gasteiger partial charge is 0.352 e. The van der Waals surface area contributed by atoms with Crippen LogP contribution >= 0.6 is 31.9 Å². The van der Waals surface area contributed by atoms with E-state index < -0.39 is 0 Å². The van der Waals surface area contributed by atoms with Crippen LogP contribution in [0.4, 0.5) is 0 Å². The summed E-state index contributed by atoms with van der Waals surface area (Å²) in [5, 5.41) is 6.84. The van der Waals surface area contributed by atoms with E-state index in [9.17, 15) is 9.59 Å². The van der Waals surface area contributed by atoms with Gasteiger partial charge in [-0.05, 0) is 44.7 Å². The molecule has 1 N–H and O–H groups in total. The van der Waals surface area contributed by atoms with Gasteiger partial charge in [-0.15, -0.1) is 0 Å². The minimum atomic E-state index is -0.314. The van der Waals surface area contributed by atoms with Gasteiger partial charge in [-0.3, -0.25) is 9.59 Å². The highest BCUT2D eigenvalue weighted by Crippen LogP contribution is 2.18. The van der Waals surface area contributed by atoms with Gasteiger partial charge >= 0.3 is 0 Å². The van der Waals surface area contributed by atoms with Crippen molar-refractivity contribution in [1.29, 1.82) is 0 Å². The fraction of sp³-hybridized carbons (Fsp3) is 0.545. The molecule has 2 rings (SSSR count). The molecule has 1 amide bonds. The maximum absolute atomic E-state index is 11.8. The summed E-state index contributed by atoms with van der Waals surface area (Å²) < 4.78 is 2.12. The van der Waals surface area contributed by atoms with Gasteiger partial charge in [0.25, 0.3) is 5.56 Å². The summed E-state index contributed by atoms with van der Waals surface area (Å²) in [6.07, 6.45) is 5.87. The van der Waals surface area contributed by atoms with Crippen molar-refractivity contribution in [3.8, 4) is 0 Å². The second-order valence-corrected chi connectivity index (χ2v) is 5.97. The summed E-state index contributed by atoms with van der Waals surface area (Å²) in [6.45, 7) is -0.0405. The number of hydrogen-bond donors (Lipinski definition) is 1. The molecule has 1 aromatic heterocycles. The number of aromatic nitrogens is 2. The quantitative estimate of drug-likeness (QED) is 0.872. The first-order valence-electron chi connectivity index (χ1n) is 5.78. The minimum Gasteiger partial charge on any atom is -0.352 e. The van der Waals surface area contributed by atoms with Gasteiger partial charge in [0, 0.05) is 6.04 Å². The van der Waals surface area contributed by atoms with Crippen LogP contribution in [0.25, 0.3) is 0 Å². The molecule has 0 saturated heterocycles. The Hall–Kier alpha value is -0.690. The zero-order valence-corrected chi connectivity index (χ0v) is 12.8. The van der Waals surface area contributed by atoms with Crippen LogP contribution in [0.1, 0.15) is 25.7 Å². The molecule has 1 aromatic rings. The Morgan fingerprint density at radius 1 is 1.44 bits per heavy atom. The highest BCUT2D eigenvalue weighted by atomic mass is 79.9. The SMILES string of the molecule is O=C(Cn1ncc(Br)c(Br)c1=O)NC1CCCC1. The highest BCUT2D eigenvalue weighted by Gasteiger charge is 2.18. The van der Waals surface area contributed by atoms with Crippen molar-refractivity contribution in [3.63, 3.8) is 0 Å². The number of nitrogens with zero attached hydrogens (tertiary/aromatic N) is 2. The second kappa shape index (κ2) is 5.97. The number of halogens is 2. The molecule has 0 spiro atoms. The Labute approximate surface area is 121 Å². The number of rotatable bonds is 3. The van der Waals surface area contributed by atoms with E-state index in [1.165, 1.54) is 6.20 Å². The number of amides is 1. The Balaban J connectivity index is 2.03. The van der Waals surface area contributed by atoms with Gasteiger partial charge in [0.15, 0.2) is 0 Å². The average molecular weight is 379 g/mol. The molecule has 98 valence electrons. The van der Waals surface area contributed by atoms with E-state index >= 15 is 0 Å². The van der Waals surface area contributed by atoms with Crippen molar-refractivity contribution in [1.82, 2.24) is 15.1 Å². The Bertz CT molecular complexity index is 510. The Morgan fingerprint density at radius 2 is 2.11 bits per heavy atom. The lowest BCUT2D eigenvalue weighted by Crippen LogP contribution is -2.38. The molecule has 0 atom stereocenters. The third-order valence-corrected chi connectivity index (χ3v) is 4.86. The molecular formula is C11H13Br2N3O2. The molecule has 1 fully saturated rings. The number of nitrogens with one attached hydrogen (secondary N) is 1. The molecule has 0 radical (unpaired) electrons. The third-order valence-electron chi connectivity index (χ3n) is 2.96. The fourth-order valence-corrected chi connectivity index (χ4v) is 2.61. The smallest absolute Gasteiger partial charge is 0.282 e. The lowest BCUT2D eigenvalue weighted by atomic mass is 10.2. The first-order chi connectivity index (χ1) is 8.58. The maximum Gasteiger partial charge on any atom is 0.282 e. The van der Waals surface area contributed by atoms with E-state index in [-0.39, 0.29) is 24.1 Å². The van der Waals surface area contributed by atoms with Crippen LogP contribution in [0.5, 0.6) is 0 Å². The maximum atomic E-state index is 11.8. The van der Waals surface area contributed by atoms with Gasteiger partial charge < -0.3 is 5.32 Å². The van der Waals surface area contributed by atoms with Crippen LogP contribution in [0.15, 0.2) is 19.9 Å². The predicted octanol–water partition coefficient (Wildman–Crippen LogP) is 1.83. The number of hydrogen-bond acceptors (Lipinski definition) is 3. The van der Waals surface area contributed by atoms with Crippen molar-refractivity contribution in [2.45, 2.75) is 38.3 Å². The van der Waals surface area contributed by atoms with Crippen molar-refractivity contribution in [2.24, 2.45) is 0 Å². The molecule has 0 aliphatic heterocycles. The Kier molecular flexibility index (Phi) is 4.55. The summed E-state index contributed by atoms with van der Waals surface area (Å²) in [6, 6.07) is 0.257. The number of carbonyl (C=O) groups is 1. The van der Waals surface area contributed by atoms with Crippen LogP contribution in [0.3, 0.4) is 0 Å². The first kappa shape index (κ1) is 13.7. The van der Waals surface area contributed by atoms with E-state index in [4.69, 9.17) is 0 Å². The molecular weight excluding hydrogens is 366 g/mol. The molecule has 7 heteroatoms. The van der Waals surface area contributed by atoms with E-state index in [0.29, 0.717) is 8.95 Å². The molecule has 1 saturated carbocycles. The molecule has 0 aromatic carbocycles. The molecule has 1 aliphatic rings. The molecule has 1 aliphatic carbocycles. The van der Waals surface area contributed by atoms with E-state index in [1.54, 1.807) is 0 Å². The molecule has 0 bridgehead atoms. The van der Waals surface area contributed by atoms with Gasteiger partial charge in [-0.2, -0.15) is 5.10 Å². The molecule has 0 unspecified atom stereocenters. The van der Waals surface area contributed by atoms with Gasteiger partial charge in [0.1, 0.15) is 11.0 Å². The lowest BCUT2D eigenvalue weighted by Gasteiger charge is -2.12. The predicted molar refractivity (Wildman–Crippen MR) is 74.3 cm³/mol.